The van der Waals surface area contributed by atoms with E-state index in [1.165, 1.54) is 11.1 Å². The maximum atomic E-state index is 6.58. The van der Waals surface area contributed by atoms with E-state index in [1.807, 2.05) is 50.2 Å². The molecule has 0 N–H and O–H groups in total. The molecule has 1 nitrogen and oxygen atoms in total. The Kier molecular flexibility index (Phi) is 10.3. The summed E-state index contributed by atoms with van der Waals surface area (Å²) in [5.41, 5.74) is 2.51. The Hall–Kier alpha value is -0.137. The van der Waals surface area contributed by atoms with Crippen LogP contribution in [0, 0.1) is 0 Å². The van der Waals surface area contributed by atoms with E-state index in [4.69, 9.17) is 21.8 Å². The predicted molar refractivity (Wildman–Crippen MR) is 94.2 cm³/mol. The van der Waals surface area contributed by atoms with Crippen molar-refractivity contribution in [1.29, 1.82) is 0 Å². The van der Waals surface area contributed by atoms with Crippen molar-refractivity contribution < 1.29 is 22.6 Å². The molecule has 0 bridgehead atoms. The van der Waals surface area contributed by atoms with Gasteiger partial charge in [0.2, 0.25) is 0 Å². The van der Waals surface area contributed by atoms with E-state index in [-0.39, 0.29) is 0 Å². The molecule has 0 saturated carbocycles. The van der Waals surface area contributed by atoms with Gasteiger partial charge in [-0.3, -0.25) is 0 Å². The average Bonchev–Trinajstić information content (AvgIpc) is 2.50. The first-order valence-electron chi connectivity index (χ1n) is 7.61. The number of rotatable bonds is 6. The van der Waals surface area contributed by atoms with E-state index >= 15 is 0 Å². The number of hydrogen-bond acceptors (Lipinski definition) is 1. The zero-order valence-corrected chi connectivity index (χ0v) is 17.2. The van der Waals surface area contributed by atoms with Gasteiger partial charge in [-0.25, -0.2) is 0 Å². The molecular weight excluding hydrogens is 394 g/mol. The molecule has 2 aromatic rings. The quantitative estimate of drug-likeness (QED) is 0.568. The van der Waals surface area contributed by atoms with E-state index in [0.29, 0.717) is 0 Å². The summed E-state index contributed by atoms with van der Waals surface area (Å²) in [6.45, 7) is 5.67. The van der Waals surface area contributed by atoms with Gasteiger partial charge in [-0.05, 0) is 13.8 Å². The van der Waals surface area contributed by atoms with Crippen molar-refractivity contribution in [2.75, 3.05) is 13.2 Å². The third kappa shape index (κ3) is 9.10. The minimum absolute atomic E-state index is 0.844. The van der Waals surface area contributed by atoms with Gasteiger partial charge in [0.15, 0.2) is 0 Å². The zero-order chi connectivity index (χ0) is 16.3. The second-order valence-electron chi connectivity index (χ2n) is 4.96. The van der Waals surface area contributed by atoms with Gasteiger partial charge in [-0.1, -0.05) is 0 Å². The van der Waals surface area contributed by atoms with Gasteiger partial charge in [-0.15, -0.1) is 0 Å². The molecule has 0 atom stereocenters. The summed E-state index contributed by atoms with van der Waals surface area (Å²) in [5.74, 6) is 0. The molecule has 0 amide bonds. The number of ether oxygens (including phenoxy) is 1. The maximum absolute atomic E-state index is 6.58. The molecule has 4 heteroatoms. The predicted octanol–water partition coefficient (Wildman–Crippen LogP) is 5.89. The molecule has 0 fully saturated rings. The van der Waals surface area contributed by atoms with Gasteiger partial charge in [0.05, 0.1) is 0 Å². The Morgan fingerprint density at radius 1 is 0.727 bits per heavy atom. The third-order valence-electron chi connectivity index (χ3n) is 3.02. The summed E-state index contributed by atoms with van der Waals surface area (Å²) in [7, 11) is 13.2. The van der Waals surface area contributed by atoms with E-state index in [9.17, 15) is 0 Å². The monoisotopic (exact) mass is 416 g/mol. The molecule has 22 heavy (non-hydrogen) atoms. The van der Waals surface area contributed by atoms with Gasteiger partial charge in [-0.2, -0.15) is 0 Å². The second kappa shape index (κ2) is 11.4. The van der Waals surface area contributed by atoms with Crippen LogP contribution >= 0.6 is 17.0 Å². The molecule has 2 rings (SSSR count). The van der Waals surface area contributed by atoms with Crippen LogP contribution in [-0.4, -0.2) is 13.2 Å². The van der Waals surface area contributed by atoms with Crippen LogP contribution < -0.4 is 0 Å². The van der Waals surface area contributed by atoms with Crippen LogP contribution in [0.3, 0.4) is 0 Å². The summed E-state index contributed by atoms with van der Waals surface area (Å²) in [6.07, 6.45) is 0. The molecule has 0 aliphatic heterocycles. The van der Waals surface area contributed by atoms with Gasteiger partial charge >= 0.3 is 115 Å². The Bertz CT molecular complexity index is 458. The first-order valence-corrected chi connectivity index (χ1v) is 17.4. The van der Waals surface area contributed by atoms with Gasteiger partial charge in [0, 0.05) is 13.2 Å². The van der Waals surface area contributed by atoms with Crippen molar-refractivity contribution in [2.45, 2.75) is 22.1 Å². The molecule has 0 aliphatic carbocycles. The molecule has 0 aliphatic rings. The van der Waals surface area contributed by atoms with Gasteiger partial charge in [0.1, 0.15) is 0 Å². The van der Waals surface area contributed by atoms with Crippen molar-refractivity contribution in [3.63, 3.8) is 0 Å². The normalized spacial score (nSPS) is 10.7. The Morgan fingerprint density at radius 3 is 1.36 bits per heavy atom. The number of benzene rings is 2. The Balaban J connectivity index is 0.000000422. The molecule has 120 valence electrons. The first-order chi connectivity index (χ1) is 10.6. The summed E-state index contributed by atoms with van der Waals surface area (Å²) in [4.78, 5) is 0. The van der Waals surface area contributed by atoms with Crippen LogP contribution in [0.25, 0.3) is 0 Å². The standard InChI is InChI=1S/2C7H7.C4H10O.2ClH.Zr/c2*1-7-5-3-2-4-6-7;1-3-5-4-2;;;/h2*2-6H,1H2;3-4H2,1-2H3;2*1H;/q;;;;;+2/p-2. The van der Waals surface area contributed by atoms with E-state index in [2.05, 4.69) is 24.3 Å². The fraction of sp³-hybridized carbons (Fsp3) is 0.333. The minimum atomic E-state index is -3.01. The second-order valence-corrected chi connectivity index (χ2v) is 20.6. The SMILES string of the molecule is CCOCC.[Cl][Zr]([Cl])([CH2]c1ccccc1)[CH2]c1ccccc1. The fourth-order valence-electron chi connectivity index (χ4n) is 2.06. The summed E-state index contributed by atoms with van der Waals surface area (Å²) >= 11 is -3.01. The van der Waals surface area contributed by atoms with Crippen molar-refractivity contribution in [3.05, 3.63) is 71.8 Å². The Morgan fingerprint density at radius 2 is 1.09 bits per heavy atom. The average molecular weight is 419 g/mol. The topological polar surface area (TPSA) is 9.23 Å². The van der Waals surface area contributed by atoms with Crippen LogP contribution in [-0.2, 0) is 30.9 Å². The van der Waals surface area contributed by atoms with Crippen molar-refractivity contribution in [1.82, 2.24) is 0 Å². The molecular formula is C18H24Cl2OZr. The van der Waals surface area contributed by atoms with Crippen LogP contribution in [0.5, 0.6) is 0 Å². The van der Waals surface area contributed by atoms with Crippen LogP contribution in [0.15, 0.2) is 60.7 Å². The number of hydrogen-bond donors (Lipinski definition) is 0. The molecule has 0 unspecified atom stereocenters. The van der Waals surface area contributed by atoms with Crippen molar-refractivity contribution >= 4 is 17.0 Å². The molecule has 0 radical (unpaired) electrons. The molecule has 0 heterocycles. The van der Waals surface area contributed by atoms with Gasteiger partial charge < -0.3 is 4.74 Å². The zero-order valence-electron chi connectivity index (χ0n) is 13.3. The van der Waals surface area contributed by atoms with E-state index in [0.717, 1.165) is 21.5 Å². The van der Waals surface area contributed by atoms with Gasteiger partial charge in [0.25, 0.3) is 0 Å². The van der Waals surface area contributed by atoms with Crippen LogP contribution in [0.2, 0.25) is 0 Å². The Labute approximate surface area is 146 Å². The summed E-state index contributed by atoms with van der Waals surface area (Å²) in [5, 5.41) is 0. The van der Waals surface area contributed by atoms with Crippen molar-refractivity contribution in [3.8, 4) is 0 Å². The molecule has 0 aromatic heterocycles. The van der Waals surface area contributed by atoms with E-state index in [1.54, 1.807) is 0 Å². The summed E-state index contributed by atoms with van der Waals surface area (Å²) < 4.78 is 6.57. The molecule has 2 aromatic carbocycles. The third-order valence-corrected chi connectivity index (χ3v) is 10.7. The first kappa shape index (κ1) is 19.9. The summed E-state index contributed by atoms with van der Waals surface area (Å²) in [6, 6.07) is 20.6. The fourth-order valence-corrected chi connectivity index (χ4v) is 10.1. The number of halogens is 2. The van der Waals surface area contributed by atoms with E-state index < -0.39 is 17.9 Å². The van der Waals surface area contributed by atoms with Crippen LogP contribution in [0.4, 0.5) is 0 Å². The molecule has 0 spiro atoms. The molecule has 0 saturated heterocycles. The van der Waals surface area contributed by atoms with Crippen molar-refractivity contribution in [2.24, 2.45) is 0 Å². The van der Waals surface area contributed by atoms with Crippen LogP contribution in [0.1, 0.15) is 25.0 Å².